The number of carbonyl (C=O) groups excluding carboxylic acids is 6. The maximum atomic E-state index is 12.2. The molecule has 12 heteroatoms. The molecule has 0 radical (unpaired) electrons. The molecule has 6 fully saturated rings. The van der Waals surface area contributed by atoms with E-state index in [0.29, 0.717) is 35.4 Å². The van der Waals surface area contributed by atoms with E-state index in [1.165, 1.54) is 449 Å². The van der Waals surface area contributed by atoms with Crippen LogP contribution in [0.25, 0.3) is 0 Å². The molecule has 12 nitrogen and oxygen atoms in total. The van der Waals surface area contributed by atoms with Crippen LogP contribution in [0.5, 0.6) is 0 Å². The van der Waals surface area contributed by atoms with Crippen LogP contribution in [0.2, 0.25) is 0 Å². The normalized spacial score (nSPS) is 16.2. The number of likely N-dealkylation sites (tertiary alicyclic amines) is 6. The lowest BCUT2D eigenvalue weighted by Gasteiger charge is -2.20. The van der Waals surface area contributed by atoms with Gasteiger partial charge >= 0.3 is 0 Å². The molecule has 118 heavy (non-hydrogen) atoms. The molecule has 0 aromatic heterocycles. The van der Waals surface area contributed by atoms with Gasteiger partial charge in [0.25, 0.3) is 0 Å². The maximum absolute atomic E-state index is 12.2. The fourth-order valence-electron chi connectivity index (χ4n) is 18.0. The van der Waals surface area contributed by atoms with Crippen molar-refractivity contribution in [3.63, 3.8) is 0 Å². The van der Waals surface area contributed by atoms with Crippen molar-refractivity contribution in [2.75, 3.05) is 78.5 Å². The molecular formula is C106H206N6O6. The van der Waals surface area contributed by atoms with Crippen molar-refractivity contribution in [3.8, 4) is 0 Å². The number of carbonyl (C=O) groups is 6. The minimum atomic E-state index is 0.405. The Labute approximate surface area is 736 Å². The molecule has 6 aliphatic rings. The van der Waals surface area contributed by atoms with E-state index < -0.39 is 0 Å². The third-order valence-corrected chi connectivity index (χ3v) is 26.2. The smallest absolute Gasteiger partial charge is 0.222 e. The molecule has 0 atom stereocenters. The molecule has 6 rings (SSSR count). The molecule has 6 aliphatic heterocycles. The van der Waals surface area contributed by atoms with Crippen LogP contribution in [-0.2, 0) is 28.8 Å². The summed E-state index contributed by atoms with van der Waals surface area (Å²) in [5, 5.41) is 0. The number of hydrogen-bond acceptors (Lipinski definition) is 6. The summed E-state index contributed by atoms with van der Waals surface area (Å²) >= 11 is 0. The molecule has 696 valence electrons. The van der Waals surface area contributed by atoms with Gasteiger partial charge in [-0.25, -0.2) is 0 Å². The van der Waals surface area contributed by atoms with Crippen molar-refractivity contribution in [1.82, 2.24) is 29.4 Å². The van der Waals surface area contributed by atoms with Gasteiger partial charge in [0.05, 0.1) is 0 Å². The highest BCUT2D eigenvalue weighted by Crippen LogP contribution is 2.23. The molecule has 6 heterocycles. The number of amides is 6. The fourth-order valence-corrected chi connectivity index (χ4v) is 18.0. The lowest BCUT2D eigenvalue weighted by atomic mass is 10.0. The van der Waals surface area contributed by atoms with Gasteiger partial charge in [-0.05, 0) is 116 Å². The molecule has 0 spiro atoms. The van der Waals surface area contributed by atoms with Crippen molar-refractivity contribution in [1.29, 1.82) is 0 Å². The van der Waals surface area contributed by atoms with Gasteiger partial charge in [-0.3, -0.25) is 28.8 Å². The predicted octanol–water partition coefficient (Wildman–Crippen LogP) is 31.1. The second-order valence-corrected chi connectivity index (χ2v) is 37.5. The molecule has 0 aromatic rings. The van der Waals surface area contributed by atoms with Gasteiger partial charge in [0, 0.05) is 117 Å². The van der Waals surface area contributed by atoms with Gasteiger partial charge < -0.3 is 29.4 Å². The van der Waals surface area contributed by atoms with Crippen molar-refractivity contribution < 1.29 is 28.8 Å². The SMILES string of the molecule is CCCCCCCCC(=O)N1CCCCCC1.CCCCCCCCCC(=O)N1CCCCCC1.CCCCCCCCCCC(=O)N1CCCCCC1.CCCCCCCCCCCC(=O)N1CCCCCC1.CCCCCCCCCCCCC(=O)N1CCCCCC1.CCCCCCCCCCCCCCC(=O)N1CCCCCC1. The highest BCUT2D eigenvalue weighted by Gasteiger charge is 2.21. The van der Waals surface area contributed by atoms with E-state index in [1.54, 1.807) is 0 Å². The predicted molar refractivity (Wildman–Crippen MR) is 512 cm³/mol. The van der Waals surface area contributed by atoms with E-state index in [2.05, 4.69) is 70.9 Å². The first-order valence-electron chi connectivity index (χ1n) is 53.7. The van der Waals surface area contributed by atoms with Gasteiger partial charge in [0.1, 0.15) is 0 Å². The van der Waals surface area contributed by atoms with E-state index in [-0.39, 0.29) is 0 Å². The van der Waals surface area contributed by atoms with Crippen molar-refractivity contribution in [3.05, 3.63) is 0 Å². The summed E-state index contributed by atoms with van der Waals surface area (Å²) < 4.78 is 0. The van der Waals surface area contributed by atoms with Crippen LogP contribution >= 0.6 is 0 Å². The lowest BCUT2D eigenvalue weighted by molar-refractivity contribution is -0.132. The quantitative estimate of drug-likeness (QED) is 0.0559. The largest absolute Gasteiger partial charge is 0.343 e. The first-order valence-corrected chi connectivity index (χ1v) is 53.7. The summed E-state index contributed by atoms with van der Waals surface area (Å²) in [6.07, 6.45) is 104. The maximum Gasteiger partial charge on any atom is 0.222 e. The van der Waals surface area contributed by atoms with E-state index in [4.69, 9.17) is 0 Å². The second kappa shape index (κ2) is 90.1. The Kier molecular flexibility index (Phi) is 86.1. The number of rotatable bonds is 58. The Morgan fingerprint density at radius 1 is 0.127 bits per heavy atom. The van der Waals surface area contributed by atoms with E-state index in [0.717, 1.165) is 156 Å². The molecule has 6 saturated heterocycles. The van der Waals surface area contributed by atoms with Crippen LogP contribution < -0.4 is 0 Å². The molecule has 6 amide bonds. The topological polar surface area (TPSA) is 122 Å². The van der Waals surface area contributed by atoms with Crippen LogP contribution in [0.4, 0.5) is 0 Å². The summed E-state index contributed by atoms with van der Waals surface area (Å²) in [6, 6.07) is 0. The number of hydrogen-bond donors (Lipinski definition) is 0. The van der Waals surface area contributed by atoms with Crippen molar-refractivity contribution >= 4 is 35.4 Å². The van der Waals surface area contributed by atoms with Crippen LogP contribution in [0.1, 0.15) is 568 Å². The molecular weight excluding hydrogens is 1450 g/mol. The van der Waals surface area contributed by atoms with E-state index in [1.807, 2.05) is 0 Å². The van der Waals surface area contributed by atoms with Crippen LogP contribution in [-0.4, -0.2) is 143 Å². The average Bonchev–Trinajstić information content (AvgIpc) is 1.77. The van der Waals surface area contributed by atoms with Gasteiger partial charge in [0.2, 0.25) is 35.4 Å². The zero-order chi connectivity index (χ0) is 85.4. The molecule has 0 aliphatic carbocycles. The van der Waals surface area contributed by atoms with Crippen LogP contribution in [0.15, 0.2) is 0 Å². The Morgan fingerprint density at radius 3 is 0.305 bits per heavy atom. The monoisotopic (exact) mass is 1660 g/mol. The number of unbranched alkanes of at least 4 members (excludes halogenated alkanes) is 46. The summed E-state index contributed by atoms with van der Waals surface area (Å²) in [4.78, 5) is 85.0. The highest BCUT2D eigenvalue weighted by molar-refractivity contribution is 5.78. The first-order chi connectivity index (χ1) is 58.1. The van der Waals surface area contributed by atoms with E-state index >= 15 is 0 Å². The van der Waals surface area contributed by atoms with Crippen molar-refractivity contribution in [2.45, 2.75) is 568 Å². The minimum absolute atomic E-state index is 0.405. The van der Waals surface area contributed by atoms with Gasteiger partial charge in [-0.1, -0.05) is 414 Å². The second-order valence-electron chi connectivity index (χ2n) is 37.5. The molecule has 0 saturated carbocycles. The minimum Gasteiger partial charge on any atom is -0.343 e. The van der Waals surface area contributed by atoms with Gasteiger partial charge in [-0.15, -0.1) is 0 Å². The highest BCUT2D eigenvalue weighted by atomic mass is 16.2. The number of nitrogens with zero attached hydrogens (tertiary/aromatic N) is 6. The van der Waals surface area contributed by atoms with Gasteiger partial charge in [-0.2, -0.15) is 0 Å². The van der Waals surface area contributed by atoms with E-state index in [9.17, 15) is 28.8 Å². The standard InChI is InChI=1S/C21H41NO.C19H37NO.C18H35NO.C17H33NO.C16H31NO.C15H29NO/c1-2-3-4-5-6-7-8-9-10-11-12-15-18-21(23)22-19-16-13-14-17-20-22;1-2-3-4-5-6-7-8-9-10-13-16-19(21)20-17-14-11-12-15-18-20;1-2-3-4-5-6-7-8-9-12-15-18(20)19-16-13-10-11-14-17-19;1-2-3-4-5-6-7-8-11-14-17(19)18-15-12-9-10-13-16-18;1-2-3-4-5-6-7-10-13-16(18)17-14-11-8-9-12-15-17;1-2-3-4-5-6-9-12-15(17)16-13-10-7-8-11-14-16/h2-20H2,1H3;2-18H2,1H3;2-17H2,1H3;2-16H2,1H3;2-15H2,1H3;2-14H2,1H3. The molecule has 0 bridgehead atoms. The van der Waals surface area contributed by atoms with Crippen molar-refractivity contribution in [2.24, 2.45) is 0 Å². The summed E-state index contributed by atoms with van der Waals surface area (Å²) in [7, 11) is 0. The zero-order valence-corrected chi connectivity index (χ0v) is 80.6. The summed E-state index contributed by atoms with van der Waals surface area (Å²) in [6.45, 7) is 25.7. The Morgan fingerprint density at radius 2 is 0.212 bits per heavy atom. The lowest BCUT2D eigenvalue weighted by Crippen LogP contribution is -2.31. The summed E-state index contributed by atoms with van der Waals surface area (Å²) in [5.41, 5.74) is 0. The fraction of sp³-hybridized carbons (Fsp3) is 0.943. The third kappa shape index (κ3) is 73.2. The molecule has 0 N–H and O–H groups in total. The average molecular weight is 1660 g/mol. The zero-order valence-electron chi connectivity index (χ0n) is 80.6. The van der Waals surface area contributed by atoms with Crippen LogP contribution in [0.3, 0.4) is 0 Å². The first kappa shape index (κ1) is 113. The Bertz CT molecular complexity index is 2130. The molecule has 0 aromatic carbocycles. The Hall–Kier alpha value is -3.18. The third-order valence-electron chi connectivity index (χ3n) is 26.2. The summed E-state index contributed by atoms with van der Waals surface area (Å²) in [5.74, 6) is 2.46. The molecule has 0 unspecified atom stereocenters. The van der Waals surface area contributed by atoms with Gasteiger partial charge in [0.15, 0.2) is 0 Å². The Balaban J connectivity index is 0.000000710. The van der Waals surface area contributed by atoms with Crippen LogP contribution in [0, 0.1) is 0 Å².